The summed E-state index contributed by atoms with van der Waals surface area (Å²) in [7, 11) is 0. The minimum atomic E-state index is -4.62. The molecule has 0 aromatic rings. The van der Waals surface area contributed by atoms with Crippen molar-refractivity contribution in [3.05, 3.63) is 11.6 Å². The van der Waals surface area contributed by atoms with Gasteiger partial charge in [0.25, 0.3) is 0 Å². The van der Waals surface area contributed by atoms with Crippen LogP contribution < -0.4 is 5.32 Å². The van der Waals surface area contributed by atoms with Gasteiger partial charge in [0.05, 0.1) is 11.8 Å². The highest BCUT2D eigenvalue weighted by atomic mass is 19.4. The first kappa shape index (κ1) is 17.6. The highest BCUT2D eigenvalue weighted by Crippen LogP contribution is 2.37. The van der Waals surface area contributed by atoms with E-state index in [9.17, 15) is 22.8 Å². The van der Waals surface area contributed by atoms with Crippen LogP contribution in [0.4, 0.5) is 18.0 Å². The van der Waals surface area contributed by atoms with Gasteiger partial charge in [-0.3, -0.25) is 4.79 Å². The number of halogens is 3. The molecule has 2 aliphatic rings. The van der Waals surface area contributed by atoms with Crippen LogP contribution in [0.3, 0.4) is 0 Å². The first-order chi connectivity index (χ1) is 10.8. The van der Waals surface area contributed by atoms with Crippen LogP contribution in [0.15, 0.2) is 11.6 Å². The van der Waals surface area contributed by atoms with E-state index in [-0.39, 0.29) is 0 Å². The molecule has 0 bridgehead atoms. The van der Waals surface area contributed by atoms with Crippen LogP contribution in [-0.2, 0) is 4.79 Å². The van der Waals surface area contributed by atoms with Crippen molar-refractivity contribution in [3.63, 3.8) is 0 Å². The Balaban J connectivity index is 1.85. The third-order valence-corrected chi connectivity index (χ3v) is 4.45. The van der Waals surface area contributed by atoms with E-state index in [1.54, 1.807) is 0 Å². The second-order valence-electron chi connectivity index (χ2n) is 6.09. The fourth-order valence-corrected chi connectivity index (χ4v) is 3.13. The molecule has 0 aromatic heterocycles. The average molecular weight is 334 g/mol. The minimum Gasteiger partial charge on any atom is -0.481 e. The molecular weight excluding hydrogens is 313 g/mol. The smallest absolute Gasteiger partial charge is 0.394 e. The van der Waals surface area contributed by atoms with Crippen LogP contribution >= 0.6 is 0 Å². The number of amides is 2. The molecule has 23 heavy (non-hydrogen) atoms. The van der Waals surface area contributed by atoms with Crippen LogP contribution in [0.25, 0.3) is 0 Å². The molecule has 5 nitrogen and oxygen atoms in total. The molecule has 0 radical (unpaired) electrons. The summed E-state index contributed by atoms with van der Waals surface area (Å²) in [6.45, 7) is -0.654. The average Bonchev–Trinajstić information content (AvgIpc) is 2.94. The summed E-state index contributed by atoms with van der Waals surface area (Å²) in [6, 6.07) is -0.626. The number of likely N-dealkylation sites (tertiary alicyclic amines) is 1. The van der Waals surface area contributed by atoms with Crippen molar-refractivity contribution < 1.29 is 27.9 Å². The van der Waals surface area contributed by atoms with Crippen molar-refractivity contribution >= 4 is 12.0 Å². The predicted molar refractivity (Wildman–Crippen MR) is 76.8 cm³/mol. The number of aliphatic carboxylic acids is 1. The summed E-state index contributed by atoms with van der Waals surface area (Å²) in [6.07, 6.45) is 2.53. The maximum absolute atomic E-state index is 12.9. The van der Waals surface area contributed by atoms with Crippen LogP contribution in [-0.4, -0.2) is 47.8 Å². The van der Waals surface area contributed by atoms with Crippen molar-refractivity contribution in [3.8, 4) is 0 Å². The quantitative estimate of drug-likeness (QED) is 0.777. The highest BCUT2D eigenvalue weighted by molar-refractivity contribution is 5.77. The van der Waals surface area contributed by atoms with Crippen molar-refractivity contribution in [1.82, 2.24) is 10.2 Å². The second kappa shape index (κ2) is 7.23. The van der Waals surface area contributed by atoms with E-state index in [1.807, 2.05) is 0 Å². The molecule has 0 saturated carbocycles. The third-order valence-electron chi connectivity index (χ3n) is 4.45. The summed E-state index contributed by atoms with van der Waals surface area (Å²) in [5.74, 6) is -5.12. The van der Waals surface area contributed by atoms with Gasteiger partial charge < -0.3 is 15.3 Å². The molecule has 1 aliphatic carbocycles. The zero-order valence-electron chi connectivity index (χ0n) is 12.7. The SMILES string of the molecule is O=C(O)[C@@H]1CN(C(=O)NCCC2=CCCCC2)C[C@H]1C(F)(F)F. The van der Waals surface area contributed by atoms with Crippen molar-refractivity contribution in [2.45, 2.75) is 38.3 Å². The molecule has 0 spiro atoms. The number of nitrogens with one attached hydrogen (secondary N) is 1. The van der Waals surface area contributed by atoms with Gasteiger partial charge in [-0.2, -0.15) is 13.2 Å². The van der Waals surface area contributed by atoms with Gasteiger partial charge in [0.2, 0.25) is 0 Å². The fourth-order valence-electron chi connectivity index (χ4n) is 3.13. The number of allylic oxidation sites excluding steroid dienone is 1. The van der Waals surface area contributed by atoms with Crippen LogP contribution in [0.2, 0.25) is 0 Å². The van der Waals surface area contributed by atoms with Gasteiger partial charge >= 0.3 is 18.2 Å². The van der Waals surface area contributed by atoms with Gasteiger partial charge in [-0.25, -0.2) is 4.79 Å². The van der Waals surface area contributed by atoms with E-state index < -0.39 is 43.1 Å². The molecule has 0 aromatic carbocycles. The van der Waals surface area contributed by atoms with Gasteiger partial charge in [-0.1, -0.05) is 11.6 Å². The highest BCUT2D eigenvalue weighted by Gasteiger charge is 2.53. The topological polar surface area (TPSA) is 69.6 Å². The van der Waals surface area contributed by atoms with Gasteiger partial charge in [0, 0.05) is 19.6 Å². The number of carboxylic acids is 1. The largest absolute Gasteiger partial charge is 0.481 e. The fraction of sp³-hybridized carbons (Fsp3) is 0.733. The Morgan fingerprint density at radius 1 is 1.30 bits per heavy atom. The Hall–Kier alpha value is -1.73. The van der Waals surface area contributed by atoms with Crippen molar-refractivity contribution in [1.29, 1.82) is 0 Å². The molecule has 0 unspecified atom stereocenters. The second-order valence-corrected chi connectivity index (χ2v) is 6.09. The summed E-state index contributed by atoms with van der Waals surface area (Å²) < 4.78 is 38.6. The number of rotatable bonds is 4. The van der Waals surface area contributed by atoms with E-state index in [1.165, 1.54) is 12.0 Å². The molecule has 1 saturated heterocycles. The van der Waals surface area contributed by atoms with E-state index in [4.69, 9.17) is 5.11 Å². The number of hydrogen-bond acceptors (Lipinski definition) is 2. The lowest BCUT2D eigenvalue weighted by Crippen LogP contribution is -2.40. The standard InChI is InChI=1S/C15H21F3N2O3/c16-15(17,18)12-9-20(8-11(12)13(21)22)14(23)19-7-6-10-4-2-1-3-5-10/h4,11-12H,1-3,5-9H2,(H,19,23)(H,21,22)/t11-,12-/m1/s1. The number of alkyl halides is 3. The first-order valence-electron chi connectivity index (χ1n) is 7.79. The van der Waals surface area contributed by atoms with E-state index >= 15 is 0 Å². The number of carbonyl (C=O) groups excluding carboxylic acids is 1. The van der Waals surface area contributed by atoms with E-state index in [2.05, 4.69) is 11.4 Å². The monoisotopic (exact) mass is 334 g/mol. The van der Waals surface area contributed by atoms with Gasteiger partial charge in [0.15, 0.2) is 0 Å². The molecular formula is C15H21F3N2O3. The van der Waals surface area contributed by atoms with E-state index in [0.29, 0.717) is 13.0 Å². The molecule has 2 N–H and O–H groups in total. The Morgan fingerprint density at radius 2 is 2.04 bits per heavy atom. The first-order valence-corrected chi connectivity index (χ1v) is 7.79. The number of urea groups is 1. The Bertz CT molecular complexity index is 491. The van der Waals surface area contributed by atoms with Gasteiger partial charge in [0.1, 0.15) is 0 Å². The molecule has 2 amide bonds. The summed E-state index contributed by atoms with van der Waals surface area (Å²) in [5.41, 5.74) is 1.26. The number of carboxylic acid groups (broad SMARTS) is 1. The lowest BCUT2D eigenvalue weighted by atomic mass is 9.96. The number of hydrogen-bond donors (Lipinski definition) is 2. The molecule has 130 valence electrons. The van der Waals surface area contributed by atoms with E-state index in [0.717, 1.165) is 24.2 Å². The molecule has 1 fully saturated rings. The Kier molecular flexibility index (Phi) is 5.54. The zero-order valence-corrected chi connectivity index (χ0v) is 12.7. The van der Waals surface area contributed by atoms with Gasteiger partial charge in [-0.05, 0) is 32.1 Å². The molecule has 2 atom stereocenters. The predicted octanol–water partition coefficient (Wildman–Crippen LogP) is 2.78. The summed E-state index contributed by atoms with van der Waals surface area (Å²) >= 11 is 0. The van der Waals surface area contributed by atoms with Crippen molar-refractivity contribution in [2.75, 3.05) is 19.6 Å². The Labute approximate surface area is 132 Å². The van der Waals surface area contributed by atoms with Crippen LogP contribution in [0.5, 0.6) is 0 Å². The lowest BCUT2D eigenvalue weighted by Gasteiger charge is -2.19. The zero-order chi connectivity index (χ0) is 17.0. The summed E-state index contributed by atoms with van der Waals surface area (Å²) in [5, 5.41) is 11.5. The Morgan fingerprint density at radius 3 is 2.57 bits per heavy atom. The van der Waals surface area contributed by atoms with Gasteiger partial charge in [-0.15, -0.1) is 0 Å². The third kappa shape index (κ3) is 4.62. The van der Waals surface area contributed by atoms with Crippen molar-refractivity contribution in [2.24, 2.45) is 11.8 Å². The van der Waals surface area contributed by atoms with Crippen LogP contribution in [0.1, 0.15) is 32.1 Å². The molecule has 1 heterocycles. The maximum Gasteiger partial charge on any atom is 0.394 e. The number of nitrogens with zero attached hydrogens (tertiary/aromatic N) is 1. The van der Waals surface area contributed by atoms with Crippen LogP contribution in [0, 0.1) is 11.8 Å². The molecule has 8 heteroatoms. The number of carbonyl (C=O) groups is 2. The molecule has 2 rings (SSSR count). The minimum absolute atomic E-state index is 0.357. The maximum atomic E-state index is 12.9. The normalized spacial score (nSPS) is 25.2. The molecule has 1 aliphatic heterocycles. The lowest BCUT2D eigenvalue weighted by molar-refractivity contribution is -0.187. The summed E-state index contributed by atoms with van der Waals surface area (Å²) in [4.78, 5) is 23.9.